The van der Waals surface area contributed by atoms with Gasteiger partial charge in [-0.2, -0.15) is 5.10 Å². The first-order valence-electron chi connectivity index (χ1n) is 8.88. The van der Waals surface area contributed by atoms with E-state index < -0.39 is 0 Å². The smallest absolute Gasteiger partial charge is 0.255 e. The Hall–Kier alpha value is -2.34. The van der Waals surface area contributed by atoms with Gasteiger partial charge in [-0.3, -0.25) is 14.8 Å². The average molecular weight is 340 g/mol. The van der Waals surface area contributed by atoms with Crippen molar-refractivity contribution in [2.75, 3.05) is 13.7 Å². The lowest BCUT2D eigenvalue weighted by molar-refractivity contribution is 0.0923. The molecule has 2 aromatic rings. The standard InChI is InChI=1S/C19H24N4O2/c1-12-16(11-20-22-12)19(24)21-17-8-9-23(14-6-7-14)18(17)13-4-3-5-15(10-13)25-2/h3-5,10-11,14,17-18H,6-9H2,1-2H3,(H,20,22)(H,21,24)/t17-,18+/m0/s1. The number of ether oxygens (including phenoxy) is 1. The van der Waals surface area contributed by atoms with Crippen LogP contribution in [0, 0.1) is 6.92 Å². The molecule has 2 heterocycles. The van der Waals surface area contributed by atoms with Crippen LogP contribution in [-0.2, 0) is 0 Å². The number of methoxy groups -OCH3 is 1. The Morgan fingerprint density at radius 1 is 1.36 bits per heavy atom. The van der Waals surface area contributed by atoms with Crippen molar-refractivity contribution in [2.24, 2.45) is 0 Å². The van der Waals surface area contributed by atoms with E-state index in [0.29, 0.717) is 11.6 Å². The van der Waals surface area contributed by atoms with Crippen LogP contribution in [0.4, 0.5) is 0 Å². The molecule has 0 radical (unpaired) electrons. The molecule has 0 spiro atoms. The lowest BCUT2D eigenvalue weighted by atomic mass is 9.99. The summed E-state index contributed by atoms with van der Waals surface area (Å²) in [6.07, 6.45) is 5.06. The molecule has 6 nitrogen and oxygen atoms in total. The number of aromatic amines is 1. The molecule has 0 unspecified atom stereocenters. The summed E-state index contributed by atoms with van der Waals surface area (Å²) in [5.41, 5.74) is 2.62. The molecule has 4 rings (SSSR count). The van der Waals surface area contributed by atoms with Gasteiger partial charge in [0, 0.05) is 18.3 Å². The third kappa shape index (κ3) is 3.14. The number of aryl methyl sites for hydroxylation is 1. The molecular weight excluding hydrogens is 316 g/mol. The predicted molar refractivity (Wildman–Crippen MR) is 94.7 cm³/mol. The highest BCUT2D eigenvalue weighted by molar-refractivity contribution is 5.95. The average Bonchev–Trinajstić information content (AvgIpc) is 3.25. The van der Waals surface area contributed by atoms with E-state index in [1.165, 1.54) is 18.4 Å². The fourth-order valence-electron chi connectivity index (χ4n) is 3.86. The molecule has 25 heavy (non-hydrogen) atoms. The second-order valence-corrected chi connectivity index (χ2v) is 6.97. The molecule has 0 bridgehead atoms. The number of hydrogen-bond acceptors (Lipinski definition) is 4. The first kappa shape index (κ1) is 16.1. The van der Waals surface area contributed by atoms with Crippen LogP contribution < -0.4 is 10.1 Å². The minimum atomic E-state index is -0.0539. The second kappa shape index (κ2) is 6.52. The van der Waals surface area contributed by atoms with Crippen molar-refractivity contribution in [3.63, 3.8) is 0 Å². The van der Waals surface area contributed by atoms with E-state index in [4.69, 9.17) is 4.74 Å². The van der Waals surface area contributed by atoms with Crippen LogP contribution in [-0.4, -0.2) is 46.7 Å². The van der Waals surface area contributed by atoms with Gasteiger partial charge in [-0.15, -0.1) is 0 Å². The van der Waals surface area contributed by atoms with Crippen LogP contribution in [0.3, 0.4) is 0 Å². The maximum Gasteiger partial charge on any atom is 0.255 e. The second-order valence-electron chi connectivity index (χ2n) is 6.97. The van der Waals surface area contributed by atoms with Gasteiger partial charge in [-0.1, -0.05) is 12.1 Å². The topological polar surface area (TPSA) is 70.2 Å². The number of nitrogens with one attached hydrogen (secondary N) is 2. The Morgan fingerprint density at radius 2 is 2.20 bits per heavy atom. The molecule has 2 atom stereocenters. The van der Waals surface area contributed by atoms with E-state index in [1.807, 2.05) is 19.1 Å². The van der Waals surface area contributed by atoms with Crippen molar-refractivity contribution in [3.8, 4) is 5.75 Å². The normalized spacial score (nSPS) is 23.6. The number of rotatable bonds is 5. The highest BCUT2D eigenvalue weighted by Gasteiger charge is 2.43. The zero-order valence-electron chi connectivity index (χ0n) is 14.7. The van der Waals surface area contributed by atoms with Gasteiger partial charge in [0.15, 0.2) is 0 Å². The predicted octanol–water partition coefficient (Wildman–Crippen LogP) is 2.43. The minimum Gasteiger partial charge on any atom is -0.497 e. The maximum absolute atomic E-state index is 12.7. The van der Waals surface area contributed by atoms with Crippen LogP contribution in [0.2, 0.25) is 0 Å². The van der Waals surface area contributed by atoms with Crippen molar-refractivity contribution in [3.05, 3.63) is 47.3 Å². The molecule has 1 saturated heterocycles. The number of likely N-dealkylation sites (tertiary alicyclic amines) is 1. The number of amides is 1. The van der Waals surface area contributed by atoms with Gasteiger partial charge in [0.05, 0.1) is 31.0 Å². The van der Waals surface area contributed by atoms with E-state index >= 15 is 0 Å². The summed E-state index contributed by atoms with van der Waals surface area (Å²) < 4.78 is 5.40. The van der Waals surface area contributed by atoms with Crippen molar-refractivity contribution >= 4 is 5.91 Å². The molecule has 1 aromatic carbocycles. The summed E-state index contributed by atoms with van der Waals surface area (Å²) in [7, 11) is 1.69. The molecular formula is C19H24N4O2. The largest absolute Gasteiger partial charge is 0.497 e. The first-order valence-corrected chi connectivity index (χ1v) is 8.88. The lowest BCUT2D eigenvalue weighted by Crippen LogP contribution is -2.40. The highest BCUT2D eigenvalue weighted by atomic mass is 16.5. The van der Waals surface area contributed by atoms with Gasteiger partial charge < -0.3 is 10.1 Å². The van der Waals surface area contributed by atoms with Crippen LogP contribution in [0.15, 0.2) is 30.5 Å². The van der Waals surface area contributed by atoms with Crippen LogP contribution in [0.1, 0.15) is 46.9 Å². The zero-order chi connectivity index (χ0) is 17.4. The monoisotopic (exact) mass is 340 g/mol. The molecule has 132 valence electrons. The van der Waals surface area contributed by atoms with E-state index in [9.17, 15) is 4.79 Å². The first-order chi connectivity index (χ1) is 12.2. The number of nitrogens with zero attached hydrogens (tertiary/aromatic N) is 2. The third-order valence-electron chi connectivity index (χ3n) is 5.28. The number of hydrogen-bond donors (Lipinski definition) is 2. The Balaban J connectivity index is 1.59. The van der Waals surface area contributed by atoms with Crippen molar-refractivity contribution < 1.29 is 9.53 Å². The van der Waals surface area contributed by atoms with Crippen LogP contribution in [0.5, 0.6) is 5.75 Å². The summed E-state index contributed by atoms with van der Waals surface area (Å²) in [5, 5.41) is 10.0. The summed E-state index contributed by atoms with van der Waals surface area (Å²) >= 11 is 0. The van der Waals surface area contributed by atoms with Crippen LogP contribution in [0.25, 0.3) is 0 Å². The number of benzene rings is 1. The molecule has 2 aliphatic rings. The molecule has 1 aliphatic heterocycles. The summed E-state index contributed by atoms with van der Waals surface area (Å²) in [5.74, 6) is 0.803. The molecule has 1 amide bonds. The van der Waals surface area contributed by atoms with Gasteiger partial charge in [-0.25, -0.2) is 0 Å². The molecule has 1 aromatic heterocycles. The lowest BCUT2D eigenvalue weighted by Gasteiger charge is -2.29. The zero-order valence-corrected chi connectivity index (χ0v) is 14.7. The van der Waals surface area contributed by atoms with Crippen molar-refractivity contribution in [1.29, 1.82) is 0 Å². The number of carbonyl (C=O) groups is 1. The SMILES string of the molecule is COc1cccc([C@@H]2[C@@H](NC(=O)c3cn[nH]c3C)CCN2C2CC2)c1. The Bertz CT molecular complexity index is 768. The number of H-pyrrole nitrogens is 1. The van der Waals surface area contributed by atoms with Gasteiger partial charge in [0.25, 0.3) is 5.91 Å². The molecule has 6 heteroatoms. The van der Waals surface area contributed by atoms with Crippen molar-refractivity contribution in [2.45, 2.75) is 44.3 Å². The van der Waals surface area contributed by atoms with Gasteiger partial charge >= 0.3 is 0 Å². The summed E-state index contributed by atoms with van der Waals surface area (Å²) in [6.45, 7) is 2.88. The quantitative estimate of drug-likeness (QED) is 0.877. The summed E-state index contributed by atoms with van der Waals surface area (Å²) in [4.78, 5) is 15.2. The molecule has 1 aliphatic carbocycles. The van der Waals surface area contributed by atoms with Gasteiger partial charge in [0.2, 0.25) is 0 Å². The maximum atomic E-state index is 12.7. The van der Waals surface area contributed by atoms with E-state index in [-0.39, 0.29) is 18.0 Å². The van der Waals surface area contributed by atoms with E-state index in [1.54, 1.807) is 13.3 Å². The molecule has 2 N–H and O–H groups in total. The Labute approximate surface area is 147 Å². The highest BCUT2D eigenvalue weighted by Crippen LogP contribution is 2.41. The third-order valence-corrected chi connectivity index (χ3v) is 5.28. The Kier molecular flexibility index (Phi) is 4.21. The molecule has 2 fully saturated rings. The molecule has 1 saturated carbocycles. The summed E-state index contributed by atoms with van der Waals surface area (Å²) in [6, 6.07) is 9.14. The fourth-order valence-corrected chi connectivity index (χ4v) is 3.86. The fraction of sp³-hybridized carbons (Fsp3) is 0.474. The Morgan fingerprint density at radius 3 is 2.88 bits per heavy atom. The van der Waals surface area contributed by atoms with E-state index in [0.717, 1.165) is 24.4 Å². The van der Waals surface area contributed by atoms with Crippen molar-refractivity contribution in [1.82, 2.24) is 20.4 Å². The number of carbonyl (C=O) groups excluding carboxylic acids is 1. The van der Waals surface area contributed by atoms with Gasteiger partial charge in [-0.05, 0) is 43.9 Å². The van der Waals surface area contributed by atoms with E-state index in [2.05, 4.69) is 32.5 Å². The van der Waals surface area contributed by atoms with Crippen LogP contribution >= 0.6 is 0 Å². The van der Waals surface area contributed by atoms with Gasteiger partial charge in [0.1, 0.15) is 5.75 Å². The number of aromatic nitrogens is 2. The minimum absolute atomic E-state index is 0.0539.